The largest absolute Gasteiger partial charge is 0.487 e. The average Bonchev–Trinajstić information content (AvgIpc) is 2.83. The highest BCUT2D eigenvalue weighted by Crippen LogP contribution is 2.34. The van der Waals surface area contributed by atoms with E-state index in [0.29, 0.717) is 18.0 Å². The molecule has 0 radical (unpaired) electrons. The van der Waals surface area contributed by atoms with Crippen molar-refractivity contribution in [3.63, 3.8) is 0 Å². The molecule has 0 spiro atoms. The lowest BCUT2D eigenvalue weighted by atomic mass is 10.1. The van der Waals surface area contributed by atoms with Crippen LogP contribution in [0.4, 0.5) is 5.69 Å². The van der Waals surface area contributed by atoms with Crippen LogP contribution < -0.4 is 10.1 Å². The van der Waals surface area contributed by atoms with Crippen molar-refractivity contribution in [2.45, 2.75) is 20.5 Å². The van der Waals surface area contributed by atoms with E-state index >= 15 is 0 Å². The zero-order valence-corrected chi connectivity index (χ0v) is 23.0. The number of fused-ring (bicyclic) bond motifs is 1. The summed E-state index contributed by atoms with van der Waals surface area (Å²) in [5.74, 6) is 0.274. The van der Waals surface area contributed by atoms with Gasteiger partial charge in [0.25, 0.3) is 5.91 Å². The van der Waals surface area contributed by atoms with Crippen LogP contribution in [0.5, 0.6) is 5.75 Å². The number of carbonyl (C=O) groups is 1. The van der Waals surface area contributed by atoms with Gasteiger partial charge < -0.3 is 10.1 Å². The highest BCUT2D eigenvalue weighted by atomic mass is 127. The molecule has 0 unspecified atom stereocenters. The van der Waals surface area contributed by atoms with Crippen molar-refractivity contribution in [1.82, 2.24) is 0 Å². The summed E-state index contributed by atoms with van der Waals surface area (Å²) >= 11 is 5.80. The minimum Gasteiger partial charge on any atom is -0.487 e. The van der Waals surface area contributed by atoms with E-state index in [1.807, 2.05) is 68.4 Å². The maximum absolute atomic E-state index is 12.7. The van der Waals surface area contributed by atoms with E-state index in [-0.39, 0.29) is 5.57 Å². The van der Waals surface area contributed by atoms with E-state index in [9.17, 15) is 10.1 Å². The standard InChI is InChI=1S/C29H22BrIN2O2/c1-18-10-11-27(19(2)12-18)33-29(34)23(16-32)13-20-14-25(30)28(26(31)15-20)35-17-22-8-5-7-21-6-3-4-9-24(21)22/h3-15H,17H2,1-2H3,(H,33,34)/b23-13+. The fourth-order valence-corrected chi connectivity index (χ4v) is 5.60. The number of hydrogen-bond donors (Lipinski definition) is 1. The average molecular weight is 637 g/mol. The summed E-state index contributed by atoms with van der Waals surface area (Å²) in [6, 6.07) is 25.9. The lowest BCUT2D eigenvalue weighted by molar-refractivity contribution is -0.112. The SMILES string of the molecule is Cc1ccc(NC(=O)/C(C#N)=C/c2cc(Br)c(OCc3cccc4ccccc34)c(I)c2)c(C)c1. The Hall–Kier alpha value is -3.15. The van der Waals surface area contributed by atoms with Crippen molar-refractivity contribution >= 4 is 67.0 Å². The van der Waals surface area contributed by atoms with Gasteiger partial charge in [0.15, 0.2) is 0 Å². The number of amides is 1. The van der Waals surface area contributed by atoms with Gasteiger partial charge in [-0.2, -0.15) is 5.26 Å². The number of nitriles is 1. The molecule has 1 N–H and O–H groups in total. The van der Waals surface area contributed by atoms with Crippen LogP contribution in [0.3, 0.4) is 0 Å². The third-order valence-corrected chi connectivity index (χ3v) is 6.97. The van der Waals surface area contributed by atoms with Crippen molar-refractivity contribution in [2.24, 2.45) is 0 Å². The zero-order chi connectivity index (χ0) is 24.9. The molecule has 4 rings (SSSR count). The Morgan fingerprint density at radius 2 is 1.86 bits per heavy atom. The predicted molar refractivity (Wildman–Crippen MR) is 153 cm³/mol. The lowest BCUT2D eigenvalue weighted by Gasteiger charge is -2.13. The molecular weight excluding hydrogens is 615 g/mol. The van der Waals surface area contributed by atoms with Crippen LogP contribution in [0.1, 0.15) is 22.3 Å². The van der Waals surface area contributed by atoms with Crippen LogP contribution in [-0.2, 0) is 11.4 Å². The number of hydrogen-bond acceptors (Lipinski definition) is 3. The smallest absolute Gasteiger partial charge is 0.266 e. The Morgan fingerprint density at radius 3 is 2.60 bits per heavy atom. The molecule has 0 aliphatic carbocycles. The van der Waals surface area contributed by atoms with Crippen LogP contribution in [0, 0.1) is 28.7 Å². The van der Waals surface area contributed by atoms with Gasteiger partial charge in [-0.15, -0.1) is 0 Å². The molecule has 174 valence electrons. The lowest BCUT2D eigenvalue weighted by Crippen LogP contribution is -2.14. The maximum atomic E-state index is 12.7. The number of benzene rings is 4. The van der Waals surface area contributed by atoms with E-state index in [4.69, 9.17) is 4.74 Å². The van der Waals surface area contributed by atoms with Crippen molar-refractivity contribution < 1.29 is 9.53 Å². The molecule has 0 aromatic heterocycles. The fourth-order valence-electron chi connectivity index (χ4n) is 3.83. The summed E-state index contributed by atoms with van der Waals surface area (Å²) in [5.41, 5.74) is 4.60. The molecule has 6 heteroatoms. The third-order valence-electron chi connectivity index (χ3n) is 5.58. The van der Waals surface area contributed by atoms with Crippen LogP contribution in [-0.4, -0.2) is 5.91 Å². The van der Waals surface area contributed by atoms with E-state index in [1.165, 1.54) is 5.39 Å². The zero-order valence-electron chi connectivity index (χ0n) is 19.2. The molecule has 0 saturated carbocycles. The van der Waals surface area contributed by atoms with Gasteiger partial charge in [0, 0.05) is 5.69 Å². The van der Waals surface area contributed by atoms with Crippen molar-refractivity contribution in [2.75, 3.05) is 5.32 Å². The number of aryl methyl sites for hydroxylation is 2. The van der Waals surface area contributed by atoms with Crippen LogP contribution >= 0.6 is 38.5 Å². The highest BCUT2D eigenvalue weighted by Gasteiger charge is 2.14. The molecule has 35 heavy (non-hydrogen) atoms. The summed E-state index contributed by atoms with van der Waals surface area (Å²) in [5, 5.41) is 14.8. The topological polar surface area (TPSA) is 62.1 Å². The number of anilines is 1. The molecule has 0 fully saturated rings. The minimum absolute atomic E-state index is 0.0251. The minimum atomic E-state index is -0.443. The fraction of sp³-hybridized carbons (Fsp3) is 0.103. The quantitative estimate of drug-likeness (QED) is 0.133. The normalized spacial score (nSPS) is 11.2. The summed E-state index contributed by atoms with van der Waals surface area (Å²) in [7, 11) is 0. The second-order valence-corrected chi connectivity index (χ2v) is 10.2. The Morgan fingerprint density at radius 1 is 1.09 bits per heavy atom. The number of rotatable bonds is 6. The molecule has 0 bridgehead atoms. The first-order chi connectivity index (χ1) is 16.9. The van der Waals surface area contributed by atoms with E-state index in [1.54, 1.807) is 6.08 Å². The first-order valence-corrected chi connectivity index (χ1v) is 12.8. The van der Waals surface area contributed by atoms with Crippen LogP contribution in [0.25, 0.3) is 16.8 Å². The molecule has 0 aliphatic rings. The number of nitrogens with one attached hydrogen (secondary N) is 1. The molecule has 0 saturated heterocycles. The Balaban J connectivity index is 1.54. The van der Waals surface area contributed by atoms with Gasteiger partial charge in [0.2, 0.25) is 0 Å². The number of nitrogens with zero attached hydrogens (tertiary/aromatic N) is 1. The Bertz CT molecular complexity index is 1480. The van der Waals surface area contributed by atoms with Gasteiger partial charge >= 0.3 is 0 Å². The van der Waals surface area contributed by atoms with Gasteiger partial charge in [-0.1, -0.05) is 60.2 Å². The second kappa shape index (κ2) is 11.1. The first kappa shape index (κ1) is 25.0. The molecule has 1 amide bonds. The Kier molecular flexibility index (Phi) is 7.89. The van der Waals surface area contributed by atoms with Crippen molar-refractivity contribution in [3.05, 3.63) is 109 Å². The van der Waals surface area contributed by atoms with E-state index < -0.39 is 5.91 Å². The molecule has 0 aliphatic heterocycles. The predicted octanol–water partition coefficient (Wildman–Crippen LogP) is 7.95. The van der Waals surface area contributed by atoms with Gasteiger partial charge in [-0.3, -0.25) is 4.79 Å². The van der Waals surface area contributed by atoms with Gasteiger partial charge in [0.05, 0.1) is 8.04 Å². The first-order valence-electron chi connectivity index (χ1n) is 10.9. The molecule has 4 aromatic rings. The van der Waals surface area contributed by atoms with Gasteiger partial charge in [-0.25, -0.2) is 0 Å². The number of carbonyl (C=O) groups excluding carboxylic acids is 1. The summed E-state index contributed by atoms with van der Waals surface area (Å²) < 4.78 is 7.80. The van der Waals surface area contributed by atoms with E-state index in [2.05, 4.69) is 68.1 Å². The van der Waals surface area contributed by atoms with Crippen molar-refractivity contribution in [3.8, 4) is 11.8 Å². The third kappa shape index (κ3) is 5.92. The highest BCUT2D eigenvalue weighted by molar-refractivity contribution is 14.1. The summed E-state index contributed by atoms with van der Waals surface area (Å²) in [4.78, 5) is 12.7. The molecule has 4 aromatic carbocycles. The molecular formula is C29H22BrIN2O2. The van der Waals surface area contributed by atoms with E-state index in [0.717, 1.165) is 35.7 Å². The Labute approximate surface area is 226 Å². The number of halogens is 2. The van der Waals surface area contributed by atoms with Gasteiger partial charge in [-0.05, 0) is 104 Å². The van der Waals surface area contributed by atoms with Crippen LogP contribution in [0.15, 0.2) is 82.8 Å². The molecule has 0 atom stereocenters. The monoisotopic (exact) mass is 636 g/mol. The van der Waals surface area contributed by atoms with Gasteiger partial charge in [0.1, 0.15) is 24.0 Å². The van der Waals surface area contributed by atoms with Crippen LogP contribution in [0.2, 0.25) is 0 Å². The maximum Gasteiger partial charge on any atom is 0.266 e. The summed E-state index contributed by atoms with van der Waals surface area (Å²) in [6.45, 7) is 4.34. The van der Waals surface area contributed by atoms with Crippen molar-refractivity contribution in [1.29, 1.82) is 5.26 Å². The number of ether oxygens (including phenoxy) is 1. The molecule has 0 heterocycles. The summed E-state index contributed by atoms with van der Waals surface area (Å²) in [6.07, 6.45) is 1.58. The second-order valence-electron chi connectivity index (χ2n) is 8.18. The molecule has 4 nitrogen and oxygen atoms in total.